The summed E-state index contributed by atoms with van der Waals surface area (Å²) in [5, 5.41) is 12.5. The van der Waals surface area contributed by atoms with Gasteiger partial charge in [-0.2, -0.15) is 4.98 Å². The van der Waals surface area contributed by atoms with Gasteiger partial charge in [0, 0.05) is 23.1 Å². The lowest BCUT2D eigenvalue weighted by Gasteiger charge is -2.08. The molecule has 0 aliphatic rings. The number of para-hydroxylation sites is 1. The van der Waals surface area contributed by atoms with Crippen LogP contribution in [0.4, 0.5) is 5.95 Å². The van der Waals surface area contributed by atoms with E-state index in [0.29, 0.717) is 35.2 Å². The number of H-pyrrole nitrogens is 1. The van der Waals surface area contributed by atoms with Gasteiger partial charge in [-0.3, -0.25) is 15.2 Å². The van der Waals surface area contributed by atoms with Gasteiger partial charge in [-0.1, -0.05) is 18.2 Å². The van der Waals surface area contributed by atoms with Crippen molar-refractivity contribution < 1.29 is 19.0 Å². The monoisotopic (exact) mass is 477 g/mol. The van der Waals surface area contributed by atoms with Gasteiger partial charge in [0.2, 0.25) is 5.95 Å². The Hall–Kier alpha value is -4.18. The van der Waals surface area contributed by atoms with E-state index in [4.69, 9.17) is 14.2 Å². The average molecular weight is 478 g/mol. The highest BCUT2D eigenvalue weighted by atomic mass is 32.1. The second-order valence-electron chi connectivity index (χ2n) is 7.08. The van der Waals surface area contributed by atoms with Crippen LogP contribution in [0.5, 0.6) is 17.2 Å². The number of hydrogen-bond acceptors (Lipinski definition) is 8. The number of benzene rings is 2. The highest BCUT2D eigenvalue weighted by Gasteiger charge is 2.13. The summed E-state index contributed by atoms with van der Waals surface area (Å²) in [6, 6.07) is 12.8. The van der Waals surface area contributed by atoms with Gasteiger partial charge in [-0.15, -0.1) is 16.4 Å². The molecule has 0 atom stereocenters. The Morgan fingerprint density at radius 3 is 2.74 bits per heavy atom. The summed E-state index contributed by atoms with van der Waals surface area (Å²) in [4.78, 5) is 21.2. The van der Waals surface area contributed by atoms with Gasteiger partial charge in [-0.05, 0) is 31.2 Å². The zero-order chi connectivity index (χ0) is 23.9. The Morgan fingerprint density at radius 1 is 1.12 bits per heavy atom. The lowest BCUT2D eigenvalue weighted by molar-refractivity contribution is -0.111. The molecule has 0 aliphatic heterocycles. The fraction of sp³-hybridized carbons (Fsp3) is 0.167. The third kappa shape index (κ3) is 5.59. The first-order chi connectivity index (χ1) is 16.6. The molecule has 0 saturated heterocycles. The molecular weight excluding hydrogens is 454 g/mol. The van der Waals surface area contributed by atoms with E-state index in [-0.39, 0.29) is 11.9 Å². The number of nitrogens with one attached hydrogen (secondary N) is 2. The van der Waals surface area contributed by atoms with Gasteiger partial charge in [-0.25, -0.2) is 4.98 Å². The molecule has 174 valence electrons. The van der Waals surface area contributed by atoms with Crippen LogP contribution < -0.4 is 19.5 Å². The maximum Gasteiger partial charge on any atom is 0.250 e. The van der Waals surface area contributed by atoms with E-state index in [9.17, 15) is 4.79 Å². The number of aromatic amines is 1. The zero-order valence-corrected chi connectivity index (χ0v) is 19.7. The van der Waals surface area contributed by atoms with Crippen molar-refractivity contribution in [1.29, 1.82) is 0 Å². The number of hydrogen-bond donors (Lipinski definition) is 2. The number of anilines is 1. The number of aryl methyl sites for hydroxylation is 1. The molecule has 0 bridgehead atoms. The number of rotatable bonds is 9. The largest absolute Gasteiger partial charge is 0.497 e. The average Bonchev–Trinajstić information content (AvgIpc) is 3.50. The van der Waals surface area contributed by atoms with E-state index in [2.05, 4.69) is 25.5 Å². The van der Waals surface area contributed by atoms with E-state index in [1.54, 1.807) is 49.8 Å². The lowest BCUT2D eigenvalue weighted by Crippen LogP contribution is -2.09. The third-order valence-corrected chi connectivity index (χ3v) is 5.58. The van der Waals surface area contributed by atoms with Crippen molar-refractivity contribution in [3.63, 3.8) is 0 Å². The van der Waals surface area contributed by atoms with E-state index in [1.165, 1.54) is 6.08 Å². The Labute approximate surface area is 200 Å². The van der Waals surface area contributed by atoms with Crippen LogP contribution in [0.15, 0.2) is 53.9 Å². The molecule has 0 radical (unpaired) electrons. The minimum atomic E-state index is -0.378. The Balaban J connectivity index is 1.41. The van der Waals surface area contributed by atoms with Crippen LogP contribution in [0.2, 0.25) is 0 Å². The van der Waals surface area contributed by atoms with Gasteiger partial charge in [0.15, 0.2) is 5.82 Å². The summed E-state index contributed by atoms with van der Waals surface area (Å²) < 4.78 is 16.5. The van der Waals surface area contributed by atoms with Gasteiger partial charge in [0.25, 0.3) is 5.91 Å². The number of thiazole rings is 1. The topological polar surface area (TPSA) is 111 Å². The second-order valence-corrected chi connectivity index (χ2v) is 8.14. The highest BCUT2D eigenvalue weighted by molar-refractivity contribution is 7.09. The lowest BCUT2D eigenvalue weighted by atomic mass is 10.2. The normalized spacial score (nSPS) is 10.9. The minimum Gasteiger partial charge on any atom is -0.497 e. The van der Waals surface area contributed by atoms with Crippen molar-refractivity contribution >= 4 is 29.3 Å². The standard InChI is InChI=1S/C24H23N5O4S/c1-15-25-17(14-34-15)13-33-20-7-5-4-6-16(20)8-11-22(30)26-24-27-23(28-29-24)19-10-9-18(31-2)12-21(19)32-3/h4-12,14H,13H2,1-3H3,(H2,26,27,28,29,30)/b11-8+. The zero-order valence-electron chi connectivity index (χ0n) is 18.9. The van der Waals surface area contributed by atoms with Crippen LogP contribution >= 0.6 is 11.3 Å². The molecule has 4 aromatic rings. The molecule has 0 spiro atoms. The van der Waals surface area contributed by atoms with Crippen LogP contribution in [0.1, 0.15) is 16.3 Å². The number of carbonyl (C=O) groups excluding carboxylic acids is 1. The van der Waals surface area contributed by atoms with Crippen molar-refractivity contribution in [3.05, 3.63) is 70.2 Å². The van der Waals surface area contributed by atoms with E-state index in [0.717, 1.165) is 16.3 Å². The molecule has 0 aliphatic carbocycles. The molecule has 4 rings (SSSR count). The fourth-order valence-corrected chi connectivity index (χ4v) is 3.72. The number of nitrogens with zero attached hydrogens (tertiary/aromatic N) is 3. The number of ether oxygens (including phenoxy) is 3. The summed E-state index contributed by atoms with van der Waals surface area (Å²) in [6.45, 7) is 2.31. The van der Waals surface area contributed by atoms with E-state index >= 15 is 0 Å². The maximum atomic E-state index is 12.4. The van der Waals surface area contributed by atoms with Gasteiger partial charge >= 0.3 is 0 Å². The summed E-state index contributed by atoms with van der Waals surface area (Å²) in [5.41, 5.74) is 2.32. The molecule has 2 heterocycles. The van der Waals surface area contributed by atoms with E-state index < -0.39 is 0 Å². The number of amides is 1. The molecule has 34 heavy (non-hydrogen) atoms. The molecule has 2 aromatic heterocycles. The fourth-order valence-electron chi connectivity index (χ4n) is 3.13. The molecule has 10 heteroatoms. The first-order valence-electron chi connectivity index (χ1n) is 10.3. The summed E-state index contributed by atoms with van der Waals surface area (Å²) >= 11 is 1.58. The Morgan fingerprint density at radius 2 is 1.97 bits per heavy atom. The second kappa shape index (κ2) is 10.6. The molecule has 0 saturated carbocycles. The molecule has 0 fully saturated rings. The molecule has 1 amide bonds. The number of carbonyl (C=O) groups is 1. The van der Waals surface area contributed by atoms with Gasteiger partial charge in [0.1, 0.15) is 23.9 Å². The van der Waals surface area contributed by atoms with Crippen LogP contribution in [0, 0.1) is 6.92 Å². The number of aromatic nitrogens is 4. The predicted molar refractivity (Wildman–Crippen MR) is 130 cm³/mol. The SMILES string of the molecule is COc1ccc(-c2nc(NC(=O)/C=C/c3ccccc3OCc3csc(C)n3)n[nH]2)c(OC)c1. The molecule has 2 N–H and O–H groups in total. The molecule has 9 nitrogen and oxygen atoms in total. The van der Waals surface area contributed by atoms with Crippen molar-refractivity contribution in [1.82, 2.24) is 20.2 Å². The Bertz CT molecular complexity index is 1310. The van der Waals surface area contributed by atoms with Crippen molar-refractivity contribution in [2.45, 2.75) is 13.5 Å². The first kappa shape index (κ1) is 23.0. The smallest absolute Gasteiger partial charge is 0.250 e. The van der Waals surface area contributed by atoms with Crippen molar-refractivity contribution in [3.8, 4) is 28.6 Å². The maximum absolute atomic E-state index is 12.4. The minimum absolute atomic E-state index is 0.144. The quantitative estimate of drug-likeness (QED) is 0.342. The van der Waals surface area contributed by atoms with Gasteiger partial charge < -0.3 is 14.2 Å². The molecule has 0 unspecified atom stereocenters. The highest BCUT2D eigenvalue weighted by Crippen LogP contribution is 2.31. The molecular formula is C24H23N5O4S. The summed E-state index contributed by atoms with van der Waals surface area (Å²) in [6.07, 6.45) is 3.08. The van der Waals surface area contributed by atoms with Crippen molar-refractivity contribution in [2.75, 3.05) is 19.5 Å². The van der Waals surface area contributed by atoms with Crippen LogP contribution in [-0.2, 0) is 11.4 Å². The van der Waals surface area contributed by atoms with Crippen LogP contribution in [0.25, 0.3) is 17.5 Å². The summed E-state index contributed by atoms with van der Waals surface area (Å²) in [5.74, 6) is 2.10. The Kier molecular flexibility index (Phi) is 7.19. The van der Waals surface area contributed by atoms with Crippen molar-refractivity contribution in [2.24, 2.45) is 0 Å². The predicted octanol–water partition coefficient (Wildman–Crippen LogP) is 4.48. The number of methoxy groups -OCH3 is 2. The first-order valence-corrected chi connectivity index (χ1v) is 11.2. The summed E-state index contributed by atoms with van der Waals surface area (Å²) in [7, 11) is 3.14. The van der Waals surface area contributed by atoms with Crippen LogP contribution in [-0.4, -0.2) is 40.3 Å². The molecule has 2 aromatic carbocycles. The third-order valence-electron chi connectivity index (χ3n) is 4.76. The van der Waals surface area contributed by atoms with E-state index in [1.807, 2.05) is 36.6 Å². The van der Waals surface area contributed by atoms with Gasteiger partial charge in [0.05, 0.1) is 30.5 Å². The van der Waals surface area contributed by atoms with Crippen LogP contribution in [0.3, 0.4) is 0 Å².